The van der Waals surface area contributed by atoms with Gasteiger partial charge in [0.15, 0.2) is 11.2 Å². The van der Waals surface area contributed by atoms with Crippen molar-refractivity contribution in [2.75, 3.05) is 12.3 Å². The van der Waals surface area contributed by atoms with Gasteiger partial charge in [-0.1, -0.05) is 0 Å². The molecule has 3 heterocycles. The van der Waals surface area contributed by atoms with Gasteiger partial charge in [0.2, 0.25) is 5.95 Å². The summed E-state index contributed by atoms with van der Waals surface area (Å²) in [5, 5.41) is 18.8. The number of aliphatic hydroxyl groups excluding tert-OH is 2. The Morgan fingerprint density at radius 1 is 1.63 bits per heavy atom. The van der Waals surface area contributed by atoms with E-state index >= 15 is 0 Å². The second kappa shape index (κ2) is 4.30. The monoisotopic (exact) mass is 267 g/mol. The third kappa shape index (κ3) is 1.79. The third-order valence-corrected chi connectivity index (χ3v) is 3.18. The van der Waals surface area contributed by atoms with Gasteiger partial charge in [0, 0.05) is 6.42 Å². The fraction of sp³-hybridized carbons (Fsp3) is 0.500. The van der Waals surface area contributed by atoms with Crippen LogP contribution in [0.4, 0.5) is 5.95 Å². The quantitative estimate of drug-likeness (QED) is 0.510. The molecule has 0 radical (unpaired) electrons. The molecule has 0 spiro atoms. The molecule has 2 aromatic rings. The molecule has 0 aliphatic carbocycles. The van der Waals surface area contributed by atoms with E-state index in [1.54, 1.807) is 0 Å². The molecule has 9 heteroatoms. The van der Waals surface area contributed by atoms with Crippen LogP contribution in [0.15, 0.2) is 11.1 Å². The first kappa shape index (κ1) is 12.1. The molecule has 102 valence electrons. The maximum absolute atomic E-state index is 11.6. The number of hydrogen-bond donors (Lipinski definition) is 4. The molecule has 19 heavy (non-hydrogen) atoms. The van der Waals surface area contributed by atoms with Crippen LogP contribution in [0.2, 0.25) is 0 Å². The lowest BCUT2D eigenvalue weighted by atomic mass is 10.2. The van der Waals surface area contributed by atoms with Crippen LogP contribution in [-0.2, 0) is 4.74 Å². The van der Waals surface area contributed by atoms with Crippen molar-refractivity contribution >= 4 is 17.1 Å². The van der Waals surface area contributed by atoms with E-state index in [1.807, 2.05) is 0 Å². The van der Waals surface area contributed by atoms with Crippen molar-refractivity contribution in [2.45, 2.75) is 24.9 Å². The first-order valence-electron chi connectivity index (χ1n) is 5.77. The maximum atomic E-state index is 11.6. The first-order chi connectivity index (χ1) is 9.11. The number of nitrogens with zero attached hydrogens (tertiary/aromatic N) is 3. The predicted octanol–water partition coefficient (Wildman–Crippen LogP) is -1.66. The molecular formula is C10H13N5O4. The maximum Gasteiger partial charge on any atom is 0.278 e. The number of nitrogens with two attached hydrogens (primary N) is 1. The smallest absolute Gasteiger partial charge is 0.278 e. The van der Waals surface area contributed by atoms with Crippen molar-refractivity contribution in [3.63, 3.8) is 0 Å². The van der Waals surface area contributed by atoms with Gasteiger partial charge in [-0.25, -0.2) is 9.97 Å². The van der Waals surface area contributed by atoms with E-state index in [1.165, 1.54) is 10.9 Å². The van der Waals surface area contributed by atoms with Gasteiger partial charge in [-0.15, -0.1) is 0 Å². The highest BCUT2D eigenvalue weighted by atomic mass is 16.5. The molecule has 3 atom stereocenters. The number of anilines is 1. The Kier molecular flexibility index (Phi) is 2.73. The lowest BCUT2D eigenvalue weighted by Crippen LogP contribution is -2.24. The zero-order chi connectivity index (χ0) is 13.6. The Labute approximate surface area is 106 Å². The van der Waals surface area contributed by atoms with Crippen molar-refractivity contribution in [3.05, 3.63) is 16.7 Å². The van der Waals surface area contributed by atoms with Gasteiger partial charge >= 0.3 is 0 Å². The molecule has 1 aliphatic rings. The first-order valence-corrected chi connectivity index (χ1v) is 5.77. The molecule has 1 fully saturated rings. The molecule has 2 aromatic heterocycles. The SMILES string of the molecule is Nc1nc2c(=O)[nH]cnc2n1[C@H]1CC(O)[C@@H](CO)O1. The van der Waals surface area contributed by atoms with Gasteiger partial charge in [-0.05, 0) is 0 Å². The van der Waals surface area contributed by atoms with Crippen LogP contribution in [0.25, 0.3) is 11.2 Å². The lowest BCUT2D eigenvalue weighted by Gasteiger charge is -2.14. The highest BCUT2D eigenvalue weighted by Crippen LogP contribution is 2.32. The molecule has 1 unspecified atom stereocenters. The van der Waals surface area contributed by atoms with Crippen molar-refractivity contribution in [2.24, 2.45) is 0 Å². The molecule has 9 nitrogen and oxygen atoms in total. The van der Waals surface area contributed by atoms with E-state index < -0.39 is 24.0 Å². The molecule has 1 saturated heterocycles. The average molecular weight is 267 g/mol. The number of aromatic nitrogens is 4. The zero-order valence-corrected chi connectivity index (χ0v) is 9.85. The second-order valence-corrected chi connectivity index (χ2v) is 4.36. The van der Waals surface area contributed by atoms with Crippen molar-refractivity contribution < 1.29 is 14.9 Å². The van der Waals surface area contributed by atoms with E-state index in [9.17, 15) is 9.90 Å². The van der Waals surface area contributed by atoms with E-state index in [0.29, 0.717) is 0 Å². The highest BCUT2D eigenvalue weighted by Gasteiger charge is 2.36. The van der Waals surface area contributed by atoms with Gasteiger partial charge in [0.1, 0.15) is 12.3 Å². The Balaban J connectivity index is 2.09. The molecule has 1 aliphatic heterocycles. The molecule has 0 saturated carbocycles. The standard InChI is InChI=1S/C10H13N5O4/c11-10-14-7-8(12-3-13-9(7)18)15(10)6-1-4(17)5(2-16)19-6/h3-6,16-17H,1-2H2,(H2,11,14)(H,12,13,18)/t4?,5-,6-/m1/s1. The van der Waals surface area contributed by atoms with Crippen LogP contribution < -0.4 is 11.3 Å². The largest absolute Gasteiger partial charge is 0.394 e. The summed E-state index contributed by atoms with van der Waals surface area (Å²) in [6, 6.07) is 0. The fourth-order valence-corrected chi connectivity index (χ4v) is 2.26. The molecule has 0 amide bonds. The van der Waals surface area contributed by atoms with Crippen LogP contribution in [0.3, 0.4) is 0 Å². The summed E-state index contributed by atoms with van der Waals surface area (Å²) in [4.78, 5) is 22.0. The second-order valence-electron chi connectivity index (χ2n) is 4.36. The van der Waals surface area contributed by atoms with Gasteiger partial charge < -0.3 is 25.7 Å². The van der Waals surface area contributed by atoms with Gasteiger partial charge in [-0.2, -0.15) is 0 Å². The highest BCUT2D eigenvalue weighted by molar-refractivity contribution is 5.72. The summed E-state index contributed by atoms with van der Waals surface area (Å²) in [6.07, 6.45) is -0.587. The van der Waals surface area contributed by atoms with Crippen LogP contribution in [-0.4, -0.2) is 48.5 Å². The summed E-state index contributed by atoms with van der Waals surface area (Å²) in [5.74, 6) is 0.0787. The molecular weight excluding hydrogens is 254 g/mol. The fourth-order valence-electron chi connectivity index (χ4n) is 2.26. The number of ether oxygens (including phenoxy) is 1. The van der Waals surface area contributed by atoms with Crippen molar-refractivity contribution in [1.82, 2.24) is 19.5 Å². The van der Waals surface area contributed by atoms with Crippen LogP contribution in [0.5, 0.6) is 0 Å². The number of H-pyrrole nitrogens is 1. The van der Waals surface area contributed by atoms with E-state index in [0.717, 1.165) is 0 Å². The molecule has 5 N–H and O–H groups in total. The van der Waals surface area contributed by atoms with Crippen LogP contribution in [0, 0.1) is 0 Å². The van der Waals surface area contributed by atoms with Crippen LogP contribution >= 0.6 is 0 Å². The Bertz CT molecular complexity index is 665. The third-order valence-electron chi connectivity index (χ3n) is 3.18. The van der Waals surface area contributed by atoms with Gasteiger partial charge in [0.05, 0.1) is 19.0 Å². The minimum absolute atomic E-state index is 0.0787. The minimum Gasteiger partial charge on any atom is -0.394 e. The molecule has 0 aromatic carbocycles. The number of fused-ring (bicyclic) bond motifs is 1. The minimum atomic E-state index is -0.797. The Morgan fingerprint density at radius 3 is 3.11 bits per heavy atom. The van der Waals surface area contributed by atoms with E-state index in [4.69, 9.17) is 15.6 Å². The molecule has 3 rings (SSSR count). The number of aliphatic hydroxyl groups is 2. The number of nitrogens with one attached hydrogen (secondary N) is 1. The lowest BCUT2D eigenvalue weighted by molar-refractivity contribution is -0.0425. The van der Waals surface area contributed by atoms with Gasteiger partial charge in [-0.3, -0.25) is 9.36 Å². The number of hydrogen-bond acceptors (Lipinski definition) is 7. The summed E-state index contributed by atoms with van der Waals surface area (Å²) < 4.78 is 6.93. The van der Waals surface area contributed by atoms with E-state index in [-0.39, 0.29) is 30.1 Å². The van der Waals surface area contributed by atoms with Crippen molar-refractivity contribution in [1.29, 1.82) is 0 Å². The number of rotatable bonds is 2. The summed E-state index contributed by atoms with van der Waals surface area (Å²) >= 11 is 0. The molecule has 0 bridgehead atoms. The number of nitrogen functional groups attached to an aromatic ring is 1. The van der Waals surface area contributed by atoms with Crippen LogP contribution in [0.1, 0.15) is 12.6 Å². The van der Waals surface area contributed by atoms with E-state index in [2.05, 4.69) is 15.0 Å². The summed E-state index contributed by atoms with van der Waals surface area (Å²) in [5.41, 5.74) is 5.78. The zero-order valence-electron chi connectivity index (χ0n) is 9.85. The normalized spacial score (nSPS) is 27.2. The van der Waals surface area contributed by atoms with Gasteiger partial charge in [0.25, 0.3) is 5.56 Å². The van der Waals surface area contributed by atoms with Crippen molar-refractivity contribution in [3.8, 4) is 0 Å². The number of imidazole rings is 1. The number of aromatic amines is 1. The predicted molar refractivity (Wildman–Crippen MR) is 64.2 cm³/mol. The topological polar surface area (TPSA) is 139 Å². The average Bonchev–Trinajstić information content (AvgIpc) is 2.90. The summed E-state index contributed by atoms with van der Waals surface area (Å²) in [7, 11) is 0. The Morgan fingerprint density at radius 2 is 2.42 bits per heavy atom. The Hall–Kier alpha value is -1.97. The summed E-state index contributed by atoms with van der Waals surface area (Å²) in [6.45, 7) is -0.293.